The number of hydrogen-bond donors (Lipinski definition) is 2. The van der Waals surface area contributed by atoms with Crippen LogP contribution < -0.4 is 20.5 Å². The molecule has 0 saturated carbocycles. The number of amides is 1. The summed E-state index contributed by atoms with van der Waals surface area (Å²) in [6.07, 6.45) is 0.0249. The van der Waals surface area contributed by atoms with Crippen LogP contribution in [0.4, 0.5) is 5.69 Å². The molecule has 0 radical (unpaired) electrons. The van der Waals surface area contributed by atoms with Crippen molar-refractivity contribution in [3.63, 3.8) is 0 Å². The van der Waals surface area contributed by atoms with Gasteiger partial charge in [-0.2, -0.15) is 0 Å². The van der Waals surface area contributed by atoms with Crippen LogP contribution >= 0.6 is 12.4 Å². The average molecular weight is 275 g/mol. The number of halogens is 1. The molecule has 6 heteroatoms. The van der Waals surface area contributed by atoms with Crippen LogP contribution in [-0.2, 0) is 4.79 Å². The second-order valence-electron chi connectivity index (χ2n) is 3.78. The molecular formula is C12H19ClN2O3. The van der Waals surface area contributed by atoms with Crippen LogP contribution in [0.3, 0.4) is 0 Å². The van der Waals surface area contributed by atoms with E-state index in [-0.39, 0.29) is 31.0 Å². The van der Waals surface area contributed by atoms with Gasteiger partial charge in [0.1, 0.15) is 11.5 Å². The van der Waals surface area contributed by atoms with Crippen molar-refractivity contribution in [3.8, 4) is 11.5 Å². The molecule has 1 amide bonds. The average Bonchev–Trinajstić information content (AvgIpc) is 2.30. The summed E-state index contributed by atoms with van der Waals surface area (Å²) < 4.78 is 10.7. The Morgan fingerprint density at radius 3 is 2.61 bits per heavy atom. The smallest absolute Gasteiger partial charge is 0.238 e. The van der Waals surface area contributed by atoms with E-state index in [0.717, 1.165) is 0 Å². The van der Waals surface area contributed by atoms with Gasteiger partial charge in [0.05, 0.1) is 25.4 Å². The van der Waals surface area contributed by atoms with Gasteiger partial charge in [-0.05, 0) is 26.0 Å². The van der Waals surface area contributed by atoms with Gasteiger partial charge in [-0.15, -0.1) is 12.4 Å². The monoisotopic (exact) mass is 274 g/mol. The van der Waals surface area contributed by atoms with Crippen LogP contribution in [-0.4, -0.2) is 25.7 Å². The molecule has 0 aliphatic rings. The van der Waals surface area contributed by atoms with Crippen molar-refractivity contribution in [2.75, 3.05) is 19.0 Å². The third kappa shape index (κ3) is 4.81. The van der Waals surface area contributed by atoms with E-state index in [1.165, 1.54) is 0 Å². The van der Waals surface area contributed by atoms with Gasteiger partial charge in [0.25, 0.3) is 0 Å². The number of nitrogens with two attached hydrogens (primary N) is 1. The van der Waals surface area contributed by atoms with E-state index in [1.807, 2.05) is 13.8 Å². The first-order valence-electron chi connectivity index (χ1n) is 5.41. The fraction of sp³-hybridized carbons (Fsp3) is 0.417. The van der Waals surface area contributed by atoms with Crippen molar-refractivity contribution in [2.45, 2.75) is 20.0 Å². The van der Waals surface area contributed by atoms with Gasteiger partial charge >= 0.3 is 0 Å². The number of anilines is 1. The van der Waals surface area contributed by atoms with Crippen molar-refractivity contribution in [1.82, 2.24) is 0 Å². The summed E-state index contributed by atoms with van der Waals surface area (Å²) in [6, 6.07) is 5.23. The molecule has 102 valence electrons. The van der Waals surface area contributed by atoms with E-state index in [2.05, 4.69) is 5.32 Å². The lowest BCUT2D eigenvalue weighted by molar-refractivity contribution is -0.114. The molecule has 0 saturated heterocycles. The third-order valence-electron chi connectivity index (χ3n) is 2.01. The van der Waals surface area contributed by atoms with Crippen molar-refractivity contribution >= 4 is 24.0 Å². The normalized spacial score (nSPS) is 9.61. The summed E-state index contributed by atoms with van der Waals surface area (Å²) in [6.45, 7) is 3.76. The first-order valence-corrected chi connectivity index (χ1v) is 5.41. The quantitative estimate of drug-likeness (QED) is 0.859. The van der Waals surface area contributed by atoms with Crippen LogP contribution in [0.2, 0.25) is 0 Å². The first kappa shape index (κ1) is 16.5. The zero-order valence-corrected chi connectivity index (χ0v) is 11.5. The largest absolute Gasteiger partial charge is 0.497 e. The molecule has 0 aliphatic heterocycles. The molecule has 5 nitrogen and oxygen atoms in total. The van der Waals surface area contributed by atoms with Gasteiger partial charge in [0.15, 0.2) is 0 Å². The molecule has 0 aliphatic carbocycles. The highest BCUT2D eigenvalue weighted by Gasteiger charge is 2.09. The standard InChI is InChI=1S/C12H18N2O3.ClH/c1-8(2)17-11-5-4-9(16-3)6-10(11)14-12(15)7-13;/h4-6,8H,7,13H2,1-3H3,(H,14,15);1H. The Balaban J connectivity index is 0.00000289. The van der Waals surface area contributed by atoms with Crippen LogP contribution in [0.15, 0.2) is 18.2 Å². The van der Waals surface area contributed by atoms with Crippen molar-refractivity contribution in [3.05, 3.63) is 18.2 Å². The zero-order valence-electron chi connectivity index (χ0n) is 10.7. The van der Waals surface area contributed by atoms with Crippen LogP contribution in [0.5, 0.6) is 11.5 Å². The third-order valence-corrected chi connectivity index (χ3v) is 2.01. The first-order chi connectivity index (χ1) is 8.06. The highest BCUT2D eigenvalue weighted by molar-refractivity contribution is 5.93. The number of carbonyl (C=O) groups is 1. The minimum absolute atomic E-state index is 0. The van der Waals surface area contributed by atoms with Crippen molar-refractivity contribution in [1.29, 1.82) is 0 Å². The number of benzene rings is 1. The van der Waals surface area contributed by atoms with Gasteiger partial charge < -0.3 is 20.5 Å². The number of carbonyl (C=O) groups excluding carboxylic acids is 1. The van der Waals surface area contributed by atoms with Gasteiger partial charge in [-0.1, -0.05) is 0 Å². The molecule has 1 aromatic carbocycles. The van der Waals surface area contributed by atoms with Crippen LogP contribution in [0, 0.1) is 0 Å². The number of hydrogen-bond acceptors (Lipinski definition) is 4. The summed E-state index contributed by atoms with van der Waals surface area (Å²) in [5, 5.41) is 2.67. The van der Waals surface area contributed by atoms with Gasteiger partial charge in [0.2, 0.25) is 5.91 Å². The van der Waals surface area contributed by atoms with Gasteiger partial charge in [-0.3, -0.25) is 4.79 Å². The maximum atomic E-state index is 11.3. The zero-order chi connectivity index (χ0) is 12.8. The summed E-state index contributed by atoms with van der Waals surface area (Å²) >= 11 is 0. The summed E-state index contributed by atoms with van der Waals surface area (Å²) in [5.41, 5.74) is 5.82. The number of rotatable bonds is 5. The number of ether oxygens (including phenoxy) is 2. The van der Waals surface area contributed by atoms with E-state index in [1.54, 1.807) is 25.3 Å². The maximum absolute atomic E-state index is 11.3. The summed E-state index contributed by atoms with van der Waals surface area (Å²) in [7, 11) is 1.56. The molecule has 0 atom stereocenters. The maximum Gasteiger partial charge on any atom is 0.238 e. The van der Waals surface area contributed by atoms with Crippen molar-refractivity contribution in [2.24, 2.45) is 5.73 Å². The van der Waals surface area contributed by atoms with Gasteiger partial charge in [0, 0.05) is 6.07 Å². The lowest BCUT2D eigenvalue weighted by Gasteiger charge is -2.15. The minimum Gasteiger partial charge on any atom is -0.497 e. The SMILES string of the molecule is COc1ccc(OC(C)C)c(NC(=O)CN)c1.Cl. The summed E-state index contributed by atoms with van der Waals surface area (Å²) in [5.74, 6) is 0.975. The fourth-order valence-corrected chi connectivity index (χ4v) is 1.29. The molecule has 0 bridgehead atoms. The predicted octanol–water partition coefficient (Wildman–Crippen LogP) is 1.80. The molecule has 0 unspecified atom stereocenters. The lowest BCUT2D eigenvalue weighted by atomic mass is 10.2. The topological polar surface area (TPSA) is 73.6 Å². The molecule has 0 fully saturated rings. The molecule has 18 heavy (non-hydrogen) atoms. The molecule has 3 N–H and O–H groups in total. The highest BCUT2D eigenvalue weighted by Crippen LogP contribution is 2.29. The van der Waals surface area contributed by atoms with E-state index < -0.39 is 0 Å². The lowest BCUT2D eigenvalue weighted by Crippen LogP contribution is -2.22. The molecular weight excluding hydrogens is 256 g/mol. The highest BCUT2D eigenvalue weighted by atomic mass is 35.5. The van der Waals surface area contributed by atoms with E-state index in [9.17, 15) is 4.79 Å². The Hall–Kier alpha value is -1.46. The van der Waals surface area contributed by atoms with E-state index in [0.29, 0.717) is 17.2 Å². The van der Waals surface area contributed by atoms with Crippen LogP contribution in [0.25, 0.3) is 0 Å². The molecule has 1 rings (SSSR count). The predicted molar refractivity (Wildman–Crippen MR) is 73.7 cm³/mol. The van der Waals surface area contributed by atoms with Crippen molar-refractivity contribution < 1.29 is 14.3 Å². The Morgan fingerprint density at radius 2 is 2.11 bits per heavy atom. The number of methoxy groups -OCH3 is 1. The molecule has 0 heterocycles. The van der Waals surface area contributed by atoms with Gasteiger partial charge in [-0.25, -0.2) is 0 Å². The molecule has 1 aromatic rings. The summed E-state index contributed by atoms with van der Waals surface area (Å²) in [4.78, 5) is 11.3. The minimum atomic E-state index is -0.271. The Labute approximate surface area is 113 Å². The Kier molecular flexibility index (Phi) is 7.16. The van der Waals surface area contributed by atoms with E-state index >= 15 is 0 Å². The molecule has 0 spiro atoms. The fourth-order valence-electron chi connectivity index (χ4n) is 1.29. The van der Waals surface area contributed by atoms with E-state index in [4.69, 9.17) is 15.2 Å². The second-order valence-corrected chi connectivity index (χ2v) is 3.78. The Bertz CT molecular complexity index is 397. The second kappa shape index (κ2) is 7.79. The van der Waals surface area contributed by atoms with Crippen LogP contribution in [0.1, 0.15) is 13.8 Å². The number of nitrogens with one attached hydrogen (secondary N) is 1. The molecule has 0 aromatic heterocycles. The Morgan fingerprint density at radius 1 is 1.44 bits per heavy atom.